The first-order valence-corrected chi connectivity index (χ1v) is 6.53. The number of rotatable bonds is 4. The first-order chi connectivity index (χ1) is 9.44. The summed E-state index contributed by atoms with van der Waals surface area (Å²) in [7, 11) is 0. The molecule has 0 radical (unpaired) electrons. The van der Waals surface area contributed by atoms with Gasteiger partial charge >= 0.3 is 5.97 Å². The maximum Gasteiger partial charge on any atom is 0.343 e. The molecule has 3 heteroatoms. The number of carbonyl (C=O) groups is 1. The van der Waals surface area contributed by atoms with E-state index in [1.54, 1.807) is 50.2 Å². The van der Waals surface area contributed by atoms with Crippen molar-refractivity contribution in [2.75, 3.05) is 0 Å². The second-order valence-electron chi connectivity index (χ2n) is 5.39. The number of benzene rings is 2. The van der Waals surface area contributed by atoms with E-state index in [0.29, 0.717) is 17.7 Å². The van der Waals surface area contributed by atoms with E-state index in [1.165, 1.54) is 0 Å². The van der Waals surface area contributed by atoms with Crippen molar-refractivity contribution in [1.82, 2.24) is 0 Å². The third-order valence-corrected chi connectivity index (χ3v) is 2.78. The largest absolute Gasteiger partial charge is 0.423 e. The van der Waals surface area contributed by atoms with Gasteiger partial charge in [-0.1, -0.05) is 30.3 Å². The molecule has 0 spiro atoms. The van der Waals surface area contributed by atoms with E-state index in [0.717, 1.165) is 5.56 Å². The topological polar surface area (TPSA) is 46.5 Å². The van der Waals surface area contributed by atoms with Crippen LogP contribution in [0.5, 0.6) is 5.75 Å². The molecular formula is C17H18O3. The zero-order chi connectivity index (χ0) is 14.6. The van der Waals surface area contributed by atoms with E-state index in [1.807, 2.05) is 18.2 Å². The molecule has 1 N–H and O–H groups in total. The molecule has 0 atom stereocenters. The minimum absolute atomic E-state index is 0.374. The molecule has 0 aliphatic rings. The molecule has 0 bridgehead atoms. The van der Waals surface area contributed by atoms with Gasteiger partial charge in [0.15, 0.2) is 0 Å². The van der Waals surface area contributed by atoms with Crippen molar-refractivity contribution in [3.63, 3.8) is 0 Å². The number of aliphatic hydroxyl groups is 1. The van der Waals surface area contributed by atoms with Crippen LogP contribution >= 0.6 is 0 Å². The standard InChI is InChI=1S/C17H18O3/c1-17(2,19)12-13-8-10-15(11-9-13)20-16(18)14-6-4-3-5-7-14/h3-11,19H,12H2,1-2H3. The quantitative estimate of drug-likeness (QED) is 0.685. The maximum atomic E-state index is 11.9. The SMILES string of the molecule is CC(C)(O)Cc1ccc(OC(=O)c2ccccc2)cc1. The molecule has 0 heterocycles. The van der Waals surface area contributed by atoms with Crippen molar-refractivity contribution in [2.45, 2.75) is 25.9 Å². The third-order valence-electron chi connectivity index (χ3n) is 2.78. The summed E-state index contributed by atoms with van der Waals surface area (Å²) in [4.78, 5) is 11.9. The van der Waals surface area contributed by atoms with Crippen LogP contribution in [0.3, 0.4) is 0 Å². The van der Waals surface area contributed by atoms with Crippen LogP contribution in [0.1, 0.15) is 29.8 Å². The van der Waals surface area contributed by atoms with Crippen molar-refractivity contribution in [2.24, 2.45) is 0 Å². The Morgan fingerprint density at radius 3 is 2.20 bits per heavy atom. The van der Waals surface area contributed by atoms with Gasteiger partial charge in [0.2, 0.25) is 0 Å². The lowest BCUT2D eigenvalue weighted by molar-refractivity contribution is 0.0732. The summed E-state index contributed by atoms with van der Waals surface area (Å²) >= 11 is 0. The Morgan fingerprint density at radius 1 is 1.05 bits per heavy atom. The summed E-state index contributed by atoms with van der Waals surface area (Å²) in [5, 5.41) is 9.75. The van der Waals surface area contributed by atoms with Crippen LogP contribution in [-0.2, 0) is 6.42 Å². The highest BCUT2D eigenvalue weighted by Crippen LogP contribution is 2.17. The van der Waals surface area contributed by atoms with E-state index in [-0.39, 0.29) is 5.97 Å². The highest BCUT2D eigenvalue weighted by Gasteiger charge is 2.13. The van der Waals surface area contributed by atoms with Crippen molar-refractivity contribution >= 4 is 5.97 Å². The van der Waals surface area contributed by atoms with E-state index in [9.17, 15) is 9.90 Å². The van der Waals surface area contributed by atoms with Gasteiger partial charge in [0.25, 0.3) is 0 Å². The van der Waals surface area contributed by atoms with Gasteiger partial charge in [0.1, 0.15) is 5.75 Å². The third kappa shape index (κ3) is 4.21. The van der Waals surface area contributed by atoms with E-state index in [4.69, 9.17) is 4.74 Å². The fraction of sp³-hybridized carbons (Fsp3) is 0.235. The van der Waals surface area contributed by atoms with Crippen LogP contribution in [0, 0.1) is 0 Å². The molecule has 0 aliphatic heterocycles. The monoisotopic (exact) mass is 270 g/mol. The van der Waals surface area contributed by atoms with Crippen LogP contribution < -0.4 is 4.74 Å². The Bertz CT molecular complexity index is 565. The molecule has 0 aromatic heterocycles. The number of carbonyl (C=O) groups excluding carboxylic acids is 1. The molecule has 0 unspecified atom stereocenters. The van der Waals surface area contributed by atoms with E-state index < -0.39 is 5.60 Å². The predicted molar refractivity (Wildman–Crippen MR) is 77.8 cm³/mol. The smallest absolute Gasteiger partial charge is 0.343 e. The summed E-state index contributed by atoms with van der Waals surface area (Å²) in [5.41, 5.74) is 0.771. The first-order valence-electron chi connectivity index (χ1n) is 6.53. The molecule has 0 aliphatic carbocycles. The fourth-order valence-electron chi connectivity index (χ4n) is 1.92. The summed E-state index contributed by atoms with van der Waals surface area (Å²) in [6.07, 6.45) is 0.555. The highest BCUT2D eigenvalue weighted by molar-refractivity contribution is 5.90. The molecule has 3 nitrogen and oxygen atoms in total. The van der Waals surface area contributed by atoms with E-state index in [2.05, 4.69) is 0 Å². The van der Waals surface area contributed by atoms with Crippen LogP contribution in [0.2, 0.25) is 0 Å². The molecule has 0 saturated carbocycles. The van der Waals surface area contributed by atoms with Crippen LogP contribution in [-0.4, -0.2) is 16.7 Å². The molecule has 20 heavy (non-hydrogen) atoms. The molecule has 2 rings (SSSR count). The van der Waals surface area contributed by atoms with Crippen molar-refractivity contribution in [1.29, 1.82) is 0 Å². The summed E-state index contributed by atoms with van der Waals surface area (Å²) in [6.45, 7) is 3.52. The second-order valence-corrected chi connectivity index (χ2v) is 5.39. The Morgan fingerprint density at radius 2 is 1.65 bits per heavy atom. The Kier molecular flexibility index (Phi) is 4.20. The first kappa shape index (κ1) is 14.3. The number of hydrogen-bond acceptors (Lipinski definition) is 3. The normalized spacial score (nSPS) is 11.2. The second kappa shape index (κ2) is 5.88. The van der Waals surface area contributed by atoms with E-state index >= 15 is 0 Å². The zero-order valence-electron chi connectivity index (χ0n) is 11.7. The molecule has 0 fully saturated rings. The lowest BCUT2D eigenvalue weighted by atomic mass is 9.99. The van der Waals surface area contributed by atoms with Crippen molar-refractivity contribution in [3.8, 4) is 5.75 Å². The molecule has 0 amide bonds. The summed E-state index contributed by atoms with van der Waals surface area (Å²) in [5.74, 6) is 0.124. The van der Waals surface area contributed by atoms with Crippen molar-refractivity contribution < 1.29 is 14.6 Å². The Hall–Kier alpha value is -2.13. The lowest BCUT2D eigenvalue weighted by Gasteiger charge is -2.16. The van der Waals surface area contributed by atoms with Gasteiger partial charge < -0.3 is 9.84 Å². The number of esters is 1. The lowest BCUT2D eigenvalue weighted by Crippen LogP contribution is -2.21. The number of hydrogen-bond donors (Lipinski definition) is 1. The van der Waals surface area contributed by atoms with Gasteiger partial charge in [-0.15, -0.1) is 0 Å². The van der Waals surface area contributed by atoms with Gasteiger partial charge in [-0.3, -0.25) is 0 Å². The molecule has 104 valence electrons. The molecule has 2 aromatic rings. The van der Waals surface area contributed by atoms with Crippen LogP contribution in [0.25, 0.3) is 0 Å². The highest BCUT2D eigenvalue weighted by atomic mass is 16.5. The minimum atomic E-state index is -0.748. The average molecular weight is 270 g/mol. The van der Waals surface area contributed by atoms with Crippen LogP contribution in [0.4, 0.5) is 0 Å². The minimum Gasteiger partial charge on any atom is -0.423 e. The van der Waals surface area contributed by atoms with Crippen molar-refractivity contribution in [3.05, 3.63) is 65.7 Å². The Labute approximate surface area is 118 Å². The van der Waals surface area contributed by atoms with Gasteiger partial charge in [0, 0.05) is 6.42 Å². The van der Waals surface area contributed by atoms with Gasteiger partial charge in [-0.2, -0.15) is 0 Å². The zero-order valence-corrected chi connectivity index (χ0v) is 11.7. The molecule has 2 aromatic carbocycles. The van der Waals surface area contributed by atoms with Gasteiger partial charge in [-0.05, 0) is 43.7 Å². The summed E-state index contributed by atoms with van der Waals surface area (Å²) in [6, 6.07) is 16.0. The van der Waals surface area contributed by atoms with Gasteiger partial charge in [-0.25, -0.2) is 4.79 Å². The molecular weight excluding hydrogens is 252 g/mol. The molecule has 0 saturated heterocycles. The summed E-state index contributed by atoms with van der Waals surface area (Å²) < 4.78 is 5.28. The average Bonchev–Trinajstić information content (AvgIpc) is 2.40. The number of ether oxygens (including phenoxy) is 1. The predicted octanol–water partition coefficient (Wildman–Crippen LogP) is 3.22. The maximum absolute atomic E-state index is 11.9. The fourth-order valence-corrected chi connectivity index (χ4v) is 1.92. The Balaban J connectivity index is 2.02. The van der Waals surface area contributed by atoms with Crippen LogP contribution in [0.15, 0.2) is 54.6 Å². The van der Waals surface area contributed by atoms with Gasteiger partial charge in [0.05, 0.1) is 11.2 Å².